The zero-order valence-corrected chi connectivity index (χ0v) is 24.2. The summed E-state index contributed by atoms with van der Waals surface area (Å²) < 4.78 is 5.42. The van der Waals surface area contributed by atoms with E-state index >= 15 is 0 Å². The van der Waals surface area contributed by atoms with E-state index in [1.165, 1.54) is 11.8 Å². The molecule has 0 aromatic heterocycles. The van der Waals surface area contributed by atoms with E-state index in [4.69, 9.17) is 4.74 Å². The van der Waals surface area contributed by atoms with Crippen molar-refractivity contribution in [2.75, 3.05) is 23.5 Å². The lowest BCUT2D eigenvalue weighted by Crippen LogP contribution is -2.30. The van der Waals surface area contributed by atoms with E-state index in [2.05, 4.69) is 16.0 Å². The number of hydrogen-bond acceptors (Lipinski definition) is 5. The highest BCUT2D eigenvalue weighted by atomic mass is 32.2. The van der Waals surface area contributed by atoms with Gasteiger partial charge in [-0.15, -0.1) is 11.8 Å². The van der Waals surface area contributed by atoms with E-state index < -0.39 is 11.8 Å². The van der Waals surface area contributed by atoms with Crippen LogP contribution in [0.4, 0.5) is 11.4 Å². The summed E-state index contributed by atoms with van der Waals surface area (Å²) in [5.74, 6) is -0.228. The van der Waals surface area contributed by atoms with Gasteiger partial charge in [-0.3, -0.25) is 14.4 Å². The molecule has 43 heavy (non-hydrogen) atoms. The molecule has 0 saturated heterocycles. The largest absolute Gasteiger partial charge is 0.496 e. The molecule has 0 unspecified atom stereocenters. The molecule has 0 radical (unpaired) electrons. The van der Waals surface area contributed by atoms with Crippen LogP contribution in [0.25, 0.3) is 16.8 Å². The molecular formula is C35H29N3O4S. The Morgan fingerprint density at radius 3 is 2.23 bits per heavy atom. The van der Waals surface area contributed by atoms with Gasteiger partial charge in [-0.05, 0) is 60.0 Å². The highest BCUT2D eigenvalue weighted by Crippen LogP contribution is 2.25. The second kappa shape index (κ2) is 14.0. The fraction of sp³-hybridized carbons (Fsp3) is 0.0571. The van der Waals surface area contributed by atoms with Gasteiger partial charge < -0.3 is 20.7 Å². The Labute approximate surface area is 254 Å². The summed E-state index contributed by atoms with van der Waals surface area (Å²) >= 11 is 1.39. The Balaban J connectivity index is 1.24. The fourth-order valence-corrected chi connectivity index (χ4v) is 5.08. The molecule has 7 nitrogen and oxygen atoms in total. The first kappa shape index (κ1) is 29.2. The first-order valence-corrected chi connectivity index (χ1v) is 14.5. The van der Waals surface area contributed by atoms with Gasteiger partial charge in [0.1, 0.15) is 11.4 Å². The molecule has 5 rings (SSSR count). The first-order chi connectivity index (χ1) is 21.0. The molecule has 0 bridgehead atoms. The number of methoxy groups -OCH3 is 1. The van der Waals surface area contributed by atoms with Crippen molar-refractivity contribution < 1.29 is 19.1 Å². The number of rotatable bonds is 10. The second-order valence-corrected chi connectivity index (χ2v) is 10.5. The highest BCUT2D eigenvalue weighted by Gasteiger charge is 2.16. The highest BCUT2D eigenvalue weighted by molar-refractivity contribution is 8.00. The van der Waals surface area contributed by atoms with Crippen molar-refractivity contribution in [2.24, 2.45) is 0 Å². The van der Waals surface area contributed by atoms with Crippen LogP contribution in [0, 0.1) is 0 Å². The molecule has 8 heteroatoms. The third-order valence-corrected chi connectivity index (χ3v) is 7.53. The summed E-state index contributed by atoms with van der Waals surface area (Å²) in [5, 5.41) is 10.6. The van der Waals surface area contributed by atoms with E-state index in [9.17, 15) is 14.4 Å². The lowest BCUT2D eigenvalue weighted by Gasteiger charge is -2.13. The lowest BCUT2D eigenvalue weighted by molar-refractivity contribution is -0.114. The van der Waals surface area contributed by atoms with Crippen LogP contribution in [-0.4, -0.2) is 30.6 Å². The van der Waals surface area contributed by atoms with Crippen LogP contribution in [-0.2, 0) is 9.59 Å². The topological polar surface area (TPSA) is 96.5 Å². The molecule has 0 aliphatic carbocycles. The van der Waals surface area contributed by atoms with Crippen LogP contribution in [0.1, 0.15) is 15.9 Å². The third-order valence-electron chi connectivity index (χ3n) is 6.51. The lowest BCUT2D eigenvalue weighted by atomic mass is 10.1. The van der Waals surface area contributed by atoms with E-state index in [0.29, 0.717) is 22.6 Å². The number of thioether (sulfide) groups is 1. The summed E-state index contributed by atoms with van der Waals surface area (Å²) in [6, 6.07) is 36.8. The van der Waals surface area contributed by atoms with Crippen LogP contribution >= 0.6 is 11.8 Å². The Hall–Kier alpha value is -5.34. The molecule has 0 fully saturated rings. The normalized spacial score (nSPS) is 11.0. The predicted molar refractivity (Wildman–Crippen MR) is 173 cm³/mol. The number of ether oxygens (including phenoxy) is 1. The van der Waals surface area contributed by atoms with Crippen molar-refractivity contribution >= 4 is 57.7 Å². The van der Waals surface area contributed by atoms with Gasteiger partial charge in [0.25, 0.3) is 11.8 Å². The standard InChI is InChI=1S/C35H29N3O4S/c1-42-32-17-8-6-13-26(32)22-31(38-34(40)25-11-3-2-4-12-25)35(41)36-27-18-20-28(21-19-27)43-23-33(39)37-30-16-9-14-24-10-5-7-15-29(24)30/h2-22H,23H2,1H3,(H,36,41)(H,37,39)(H,38,40)/b31-22-. The average Bonchev–Trinajstić information content (AvgIpc) is 3.05. The van der Waals surface area contributed by atoms with Crippen LogP contribution in [0.3, 0.4) is 0 Å². The molecule has 0 aliphatic heterocycles. The predicted octanol–water partition coefficient (Wildman–Crippen LogP) is 6.99. The van der Waals surface area contributed by atoms with Crippen molar-refractivity contribution in [3.63, 3.8) is 0 Å². The quantitative estimate of drug-likeness (QED) is 0.121. The Morgan fingerprint density at radius 1 is 0.744 bits per heavy atom. The number of nitrogens with one attached hydrogen (secondary N) is 3. The van der Waals surface area contributed by atoms with Gasteiger partial charge in [0.15, 0.2) is 0 Å². The minimum Gasteiger partial charge on any atom is -0.496 e. The zero-order chi connectivity index (χ0) is 30.0. The molecule has 5 aromatic carbocycles. The minimum atomic E-state index is -0.495. The number of fused-ring (bicyclic) bond motifs is 1. The zero-order valence-electron chi connectivity index (χ0n) is 23.4. The molecule has 0 heterocycles. The number of amides is 3. The van der Waals surface area contributed by atoms with Gasteiger partial charge >= 0.3 is 0 Å². The maximum absolute atomic E-state index is 13.4. The fourth-order valence-electron chi connectivity index (χ4n) is 4.39. The number of carbonyl (C=O) groups is 3. The summed E-state index contributed by atoms with van der Waals surface area (Å²) in [7, 11) is 1.54. The average molecular weight is 588 g/mol. The van der Waals surface area contributed by atoms with Crippen molar-refractivity contribution in [3.05, 3.63) is 138 Å². The maximum atomic E-state index is 13.4. The molecular weight excluding hydrogens is 558 g/mol. The van der Waals surface area contributed by atoms with E-state index in [-0.39, 0.29) is 17.4 Å². The molecule has 3 N–H and O–H groups in total. The SMILES string of the molecule is COc1ccccc1/C=C(\NC(=O)c1ccccc1)C(=O)Nc1ccc(SCC(=O)Nc2cccc3ccccc23)cc1. The van der Waals surface area contributed by atoms with Crippen LogP contribution < -0.4 is 20.7 Å². The summed E-state index contributed by atoms with van der Waals surface area (Å²) in [6.45, 7) is 0. The Morgan fingerprint density at radius 2 is 1.44 bits per heavy atom. The minimum absolute atomic E-state index is 0.0573. The van der Waals surface area contributed by atoms with Crippen molar-refractivity contribution in [1.29, 1.82) is 0 Å². The summed E-state index contributed by atoms with van der Waals surface area (Å²) in [6.07, 6.45) is 1.58. The van der Waals surface area contributed by atoms with E-state index in [0.717, 1.165) is 21.4 Å². The molecule has 214 valence electrons. The summed E-state index contributed by atoms with van der Waals surface area (Å²) in [5.41, 5.74) is 2.43. The number of benzene rings is 5. The number of carbonyl (C=O) groups excluding carboxylic acids is 3. The molecule has 3 amide bonds. The van der Waals surface area contributed by atoms with Crippen molar-refractivity contribution in [1.82, 2.24) is 5.32 Å². The number of para-hydroxylation sites is 1. The number of hydrogen-bond donors (Lipinski definition) is 3. The van der Waals surface area contributed by atoms with E-state index in [1.807, 2.05) is 72.8 Å². The second-order valence-electron chi connectivity index (χ2n) is 9.46. The van der Waals surface area contributed by atoms with Crippen LogP contribution in [0.5, 0.6) is 5.75 Å². The molecule has 0 aliphatic rings. The molecule has 0 atom stereocenters. The van der Waals surface area contributed by atoms with Crippen LogP contribution in [0.2, 0.25) is 0 Å². The monoisotopic (exact) mass is 587 g/mol. The van der Waals surface area contributed by atoms with Gasteiger partial charge in [-0.1, -0.05) is 72.8 Å². The summed E-state index contributed by atoms with van der Waals surface area (Å²) in [4.78, 5) is 39.8. The molecule has 0 saturated carbocycles. The van der Waals surface area contributed by atoms with Crippen molar-refractivity contribution in [3.8, 4) is 5.75 Å². The third kappa shape index (κ3) is 7.69. The first-order valence-electron chi connectivity index (χ1n) is 13.5. The Kier molecular flexibility index (Phi) is 9.51. The van der Waals surface area contributed by atoms with Gasteiger partial charge in [-0.25, -0.2) is 0 Å². The Bertz CT molecular complexity index is 1780. The molecule has 0 spiro atoms. The van der Waals surface area contributed by atoms with Gasteiger partial charge in [-0.2, -0.15) is 0 Å². The van der Waals surface area contributed by atoms with Crippen molar-refractivity contribution in [2.45, 2.75) is 4.90 Å². The maximum Gasteiger partial charge on any atom is 0.272 e. The van der Waals surface area contributed by atoms with Crippen LogP contribution in [0.15, 0.2) is 132 Å². The molecule has 5 aromatic rings. The van der Waals surface area contributed by atoms with Gasteiger partial charge in [0.05, 0.1) is 12.9 Å². The van der Waals surface area contributed by atoms with Gasteiger partial charge in [0.2, 0.25) is 5.91 Å². The van der Waals surface area contributed by atoms with E-state index in [1.54, 1.807) is 61.7 Å². The van der Waals surface area contributed by atoms with Gasteiger partial charge in [0, 0.05) is 32.8 Å². The number of anilines is 2. The smallest absolute Gasteiger partial charge is 0.272 e.